The molecule has 0 amide bonds. The van der Waals surface area contributed by atoms with Crippen molar-refractivity contribution in [2.75, 3.05) is 6.54 Å². The summed E-state index contributed by atoms with van der Waals surface area (Å²) in [6.45, 7) is 4.62. The molecule has 1 rings (SSSR count). The van der Waals surface area contributed by atoms with Crippen LogP contribution in [-0.2, 0) is 5.41 Å². The van der Waals surface area contributed by atoms with E-state index in [2.05, 4.69) is 13.8 Å². The van der Waals surface area contributed by atoms with Crippen molar-refractivity contribution >= 4 is 0 Å². The zero-order chi connectivity index (χ0) is 10.6. The Morgan fingerprint density at radius 2 is 1.79 bits per heavy atom. The molecule has 2 N–H and O–H groups in total. The van der Waals surface area contributed by atoms with Crippen LogP contribution in [0, 0.1) is 5.82 Å². The number of rotatable bonds is 4. The molecule has 0 fully saturated rings. The quantitative estimate of drug-likeness (QED) is 0.785. The fourth-order valence-electron chi connectivity index (χ4n) is 1.92. The molecule has 0 unspecified atom stereocenters. The molecule has 0 aliphatic heterocycles. The molecule has 14 heavy (non-hydrogen) atoms. The molecule has 0 aliphatic carbocycles. The lowest BCUT2D eigenvalue weighted by Gasteiger charge is -2.31. The number of benzene rings is 1. The van der Waals surface area contributed by atoms with Gasteiger partial charge in [0, 0.05) is 12.0 Å². The summed E-state index contributed by atoms with van der Waals surface area (Å²) >= 11 is 0. The second-order valence-corrected chi connectivity index (χ2v) is 3.67. The Bertz CT molecular complexity index is 284. The van der Waals surface area contributed by atoms with Crippen molar-refractivity contribution < 1.29 is 4.39 Å². The Morgan fingerprint density at radius 1 is 1.21 bits per heavy atom. The van der Waals surface area contributed by atoms with Gasteiger partial charge in [-0.15, -0.1) is 0 Å². The molecule has 0 atom stereocenters. The zero-order valence-corrected chi connectivity index (χ0v) is 8.89. The fourth-order valence-corrected chi connectivity index (χ4v) is 1.92. The molecular weight excluding hydrogens is 177 g/mol. The van der Waals surface area contributed by atoms with Crippen molar-refractivity contribution in [3.63, 3.8) is 0 Å². The third kappa shape index (κ3) is 1.80. The van der Waals surface area contributed by atoms with Crippen LogP contribution < -0.4 is 5.73 Å². The summed E-state index contributed by atoms with van der Waals surface area (Å²) in [6, 6.07) is 6.93. The summed E-state index contributed by atoms with van der Waals surface area (Å²) in [5.41, 5.74) is 6.33. The van der Waals surface area contributed by atoms with Crippen molar-refractivity contribution in [3.8, 4) is 0 Å². The third-order valence-electron chi connectivity index (χ3n) is 3.19. The first-order valence-corrected chi connectivity index (χ1v) is 5.15. The molecule has 0 radical (unpaired) electrons. The monoisotopic (exact) mass is 195 g/mol. The lowest BCUT2D eigenvalue weighted by atomic mass is 9.76. The predicted molar refractivity (Wildman–Crippen MR) is 57.7 cm³/mol. The second kappa shape index (κ2) is 4.56. The van der Waals surface area contributed by atoms with Gasteiger partial charge in [-0.25, -0.2) is 4.39 Å². The van der Waals surface area contributed by atoms with Crippen LogP contribution in [0.25, 0.3) is 0 Å². The summed E-state index contributed by atoms with van der Waals surface area (Å²) in [5, 5.41) is 0. The molecule has 0 aromatic heterocycles. The van der Waals surface area contributed by atoms with E-state index in [-0.39, 0.29) is 11.2 Å². The van der Waals surface area contributed by atoms with Gasteiger partial charge in [-0.05, 0) is 24.5 Å². The highest BCUT2D eigenvalue weighted by Crippen LogP contribution is 2.31. The molecule has 0 saturated carbocycles. The molecule has 0 spiro atoms. The van der Waals surface area contributed by atoms with Crippen LogP contribution in [0.5, 0.6) is 0 Å². The minimum atomic E-state index is -0.189. The first-order chi connectivity index (χ1) is 6.70. The molecule has 0 aliphatic rings. The van der Waals surface area contributed by atoms with Gasteiger partial charge in [0.1, 0.15) is 5.82 Å². The minimum Gasteiger partial charge on any atom is -0.330 e. The molecule has 1 aromatic rings. The van der Waals surface area contributed by atoms with E-state index < -0.39 is 0 Å². The number of hydrogen-bond donors (Lipinski definition) is 1. The van der Waals surface area contributed by atoms with Crippen molar-refractivity contribution in [1.29, 1.82) is 0 Å². The van der Waals surface area contributed by atoms with Gasteiger partial charge >= 0.3 is 0 Å². The molecule has 78 valence electrons. The van der Waals surface area contributed by atoms with E-state index in [9.17, 15) is 4.39 Å². The number of nitrogens with two attached hydrogens (primary N) is 1. The summed E-state index contributed by atoms with van der Waals surface area (Å²) in [5.74, 6) is -0.137. The maximum atomic E-state index is 13.6. The van der Waals surface area contributed by atoms with Crippen LogP contribution in [0.1, 0.15) is 32.3 Å². The van der Waals surface area contributed by atoms with Crippen LogP contribution >= 0.6 is 0 Å². The Hall–Kier alpha value is -0.890. The van der Waals surface area contributed by atoms with Gasteiger partial charge in [0.25, 0.3) is 0 Å². The van der Waals surface area contributed by atoms with E-state index >= 15 is 0 Å². The van der Waals surface area contributed by atoms with E-state index in [1.54, 1.807) is 6.07 Å². The smallest absolute Gasteiger partial charge is 0.127 e. The summed E-state index contributed by atoms with van der Waals surface area (Å²) in [4.78, 5) is 0. The van der Waals surface area contributed by atoms with E-state index in [0.29, 0.717) is 6.54 Å². The lowest BCUT2D eigenvalue weighted by Crippen LogP contribution is -2.34. The largest absolute Gasteiger partial charge is 0.330 e. The highest BCUT2D eigenvalue weighted by Gasteiger charge is 2.29. The van der Waals surface area contributed by atoms with E-state index in [0.717, 1.165) is 18.4 Å². The average molecular weight is 195 g/mol. The molecule has 1 aromatic carbocycles. The van der Waals surface area contributed by atoms with E-state index in [4.69, 9.17) is 5.73 Å². The normalized spacial score (nSPS) is 11.7. The van der Waals surface area contributed by atoms with Crippen molar-refractivity contribution in [2.45, 2.75) is 32.1 Å². The average Bonchev–Trinajstić information content (AvgIpc) is 2.24. The van der Waals surface area contributed by atoms with Crippen LogP contribution in [-0.4, -0.2) is 6.54 Å². The van der Waals surface area contributed by atoms with Gasteiger partial charge in [-0.2, -0.15) is 0 Å². The molecule has 2 heteroatoms. The topological polar surface area (TPSA) is 26.0 Å². The summed E-state index contributed by atoms with van der Waals surface area (Å²) < 4.78 is 13.6. The Morgan fingerprint density at radius 3 is 2.21 bits per heavy atom. The SMILES string of the molecule is CCC(CC)(CN)c1ccccc1F. The van der Waals surface area contributed by atoms with E-state index in [1.807, 2.05) is 12.1 Å². The maximum Gasteiger partial charge on any atom is 0.127 e. The van der Waals surface area contributed by atoms with Crippen LogP contribution in [0.4, 0.5) is 4.39 Å². The Balaban J connectivity index is 3.17. The van der Waals surface area contributed by atoms with Crippen LogP contribution in [0.2, 0.25) is 0 Å². The Kier molecular flexibility index (Phi) is 3.64. The van der Waals surface area contributed by atoms with Gasteiger partial charge in [0.05, 0.1) is 0 Å². The Labute approximate surface area is 85.1 Å². The van der Waals surface area contributed by atoms with Crippen LogP contribution in [0.15, 0.2) is 24.3 Å². The van der Waals surface area contributed by atoms with Gasteiger partial charge in [0.2, 0.25) is 0 Å². The van der Waals surface area contributed by atoms with Gasteiger partial charge in [-0.3, -0.25) is 0 Å². The summed E-state index contributed by atoms with van der Waals surface area (Å²) in [7, 11) is 0. The standard InChI is InChI=1S/C12H18FN/c1-3-12(4-2,9-14)10-7-5-6-8-11(10)13/h5-8H,3-4,9,14H2,1-2H3. The van der Waals surface area contributed by atoms with Gasteiger partial charge in [-0.1, -0.05) is 32.0 Å². The first kappa shape index (κ1) is 11.2. The summed E-state index contributed by atoms with van der Waals surface area (Å²) in [6.07, 6.45) is 1.75. The molecular formula is C12H18FN. The number of halogens is 1. The molecule has 0 heterocycles. The predicted octanol–water partition coefficient (Wildman–Crippen LogP) is 2.84. The van der Waals surface area contributed by atoms with Gasteiger partial charge in [0.15, 0.2) is 0 Å². The van der Waals surface area contributed by atoms with E-state index in [1.165, 1.54) is 6.07 Å². The molecule has 0 saturated heterocycles. The lowest BCUT2D eigenvalue weighted by molar-refractivity contribution is 0.387. The number of hydrogen-bond acceptors (Lipinski definition) is 1. The minimum absolute atomic E-state index is 0.137. The molecule has 0 bridgehead atoms. The molecule has 1 nitrogen and oxygen atoms in total. The van der Waals surface area contributed by atoms with Gasteiger partial charge < -0.3 is 5.73 Å². The van der Waals surface area contributed by atoms with Crippen molar-refractivity contribution in [1.82, 2.24) is 0 Å². The van der Waals surface area contributed by atoms with Crippen molar-refractivity contribution in [2.24, 2.45) is 5.73 Å². The second-order valence-electron chi connectivity index (χ2n) is 3.67. The third-order valence-corrected chi connectivity index (χ3v) is 3.19. The van der Waals surface area contributed by atoms with Crippen LogP contribution in [0.3, 0.4) is 0 Å². The highest BCUT2D eigenvalue weighted by molar-refractivity contribution is 5.27. The fraction of sp³-hybridized carbons (Fsp3) is 0.500. The van der Waals surface area contributed by atoms with Crippen molar-refractivity contribution in [3.05, 3.63) is 35.6 Å². The maximum absolute atomic E-state index is 13.6. The zero-order valence-electron chi connectivity index (χ0n) is 8.89. The first-order valence-electron chi connectivity index (χ1n) is 5.15. The highest BCUT2D eigenvalue weighted by atomic mass is 19.1.